The monoisotopic (exact) mass is 373 g/mol. The largest absolute Gasteiger partial charge is 0.497 e. The molecular weight excluding hydrogens is 358 g/mol. The fourth-order valence-corrected chi connectivity index (χ4v) is 2.64. The molecule has 0 bridgehead atoms. The highest BCUT2D eigenvalue weighted by atomic mass is 35.5. The molecule has 2 aromatic carbocycles. The third-order valence-corrected chi connectivity index (χ3v) is 3.76. The molecule has 0 spiro atoms. The molecule has 0 radical (unpaired) electrons. The number of benzene rings is 2. The van der Waals surface area contributed by atoms with E-state index in [0.29, 0.717) is 22.6 Å². The Hall–Kier alpha value is -2.64. The van der Waals surface area contributed by atoms with Crippen molar-refractivity contribution in [2.75, 3.05) is 17.7 Å². The number of anilines is 2. The number of nitrogens with zero attached hydrogens (tertiary/aromatic N) is 3. The second-order valence-corrected chi connectivity index (χ2v) is 6.05. The van der Waals surface area contributed by atoms with Gasteiger partial charge in [-0.3, -0.25) is 5.32 Å². The summed E-state index contributed by atoms with van der Waals surface area (Å²) in [6.45, 7) is 0.575. The number of hydrogen-bond acceptors (Lipinski definition) is 4. The number of rotatable bonds is 5. The van der Waals surface area contributed by atoms with Crippen molar-refractivity contribution in [1.29, 1.82) is 0 Å². The molecule has 0 fully saturated rings. The average Bonchev–Trinajstić information content (AvgIpc) is 3.01. The fourth-order valence-electron chi connectivity index (χ4n) is 2.22. The smallest absolute Gasteiger partial charge is 0.248 e. The van der Waals surface area contributed by atoms with Crippen molar-refractivity contribution >= 4 is 40.6 Å². The van der Waals surface area contributed by atoms with E-state index in [2.05, 4.69) is 20.7 Å². The van der Waals surface area contributed by atoms with E-state index in [1.54, 1.807) is 18.1 Å². The summed E-state index contributed by atoms with van der Waals surface area (Å²) < 4.78 is 6.89. The lowest BCUT2D eigenvalue weighted by Crippen LogP contribution is -2.20. The molecule has 0 saturated heterocycles. The molecule has 128 valence electrons. The van der Waals surface area contributed by atoms with Crippen LogP contribution in [-0.4, -0.2) is 27.0 Å². The van der Waals surface area contributed by atoms with Crippen LogP contribution in [0.2, 0.25) is 5.02 Å². The van der Waals surface area contributed by atoms with E-state index < -0.39 is 0 Å². The number of thiocarbonyl (C=S) groups is 1. The van der Waals surface area contributed by atoms with Gasteiger partial charge in [-0.2, -0.15) is 0 Å². The SMILES string of the molecule is COc1cccc(NC(=S)Nc2ncn(Cc3cccc(Cl)c3)n2)c1. The van der Waals surface area contributed by atoms with Gasteiger partial charge in [0.25, 0.3) is 0 Å². The van der Waals surface area contributed by atoms with Gasteiger partial charge in [-0.05, 0) is 42.0 Å². The van der Waals surface area contributed by atoms with Crippen LogP contribution in [0.1, 0.15) is 5.56 Å². The maximum atomic E-state index is 5.99. The number of hydrogen-bond donors (Lipinski definition) is 2. The number of methoxy groups -OCH3 is 1. The summed E-state index contributed by atoms with van der Waals surface area (Å²) in [4.78, 5) is 4.21. The molecule has 0 unspecified atom stereocenters. The van der Waals surface area contributed by atoms with Crippen LogP contribution in [0.5, 0.6) is 5.75 Å². The van der Waals surface area contributed by atoms with Gasteiger partial charge < -0.3 is 10.1 Å². The van der Waals surface area contributed by atoms with Crippen LogP contribution in [-0.2, 0) is 6.54 Å². The number of ether oxygens (including phenoxy) is 1. The third kappa shape index (κ3) is 4.91. The Labute approximate surface area is 155 Å². The molecule has 1 aromatic heterocycles. The highest BCUT2D eigenvalue weighted by molar-refractivity contribution is 7.80. The maximum Gasteiger partial charge on any atom is 0.248 e. The highest BCUT2D eigenvalue weighted by Crippen LogP contribution is 2.17. The van der Waals surface area contributed by atoms with Gasteiger partial charge in [-0.15, -0.1) is 5.10 Å². The predicted molar refractivity (Wildman–Crippen MR) is 103 cm³/mol. The molecule has 3 rings (SSSR count). The minimum atomic E-state index is 0.397. The van der Waals surface area contributed by atoms with Crippen LogP contribution in [0.4, 0.5) is 11.6 Å². The zero-order valence-electron chi connectivity index (χ0n) is 13.4. The van der Waals surface area contributed by atoms with Crippen molar-refractivity contribution in [1.82, 2.24) is 14.8 Å². The second-order valence-electron chi connectivity index (χ2n) is 5.21. The standard InChI is InChI=1S/C17H16ClN5OS/c1-24-15-7-3-6-14(9-15)20-17(25)21-16-19-11-23(22-16)10-12-4-2-5-13(18)8-12/h2-9,11H,10H2,1H3,(H2,20,21,22,25). The molecule has 0 aliphatic carbocycles. The van der Waals surface area contributed by atoms with Gasteiger partial charge >= 0.3 is 0 Å². The molecule has 0 saturated carbocycles. The minimum Gasteiger partial charge on any atom is -0.497 e. The summed E-state index contributed by atoms with van der Waals surface area (Å²) in [5, 5.41) is 11.5. The molecule has 8 heteroatoms. The Morgan fingerprint density at radius 2 is 2.04 bits per heavy atom. The lowest BCUT2D eigenvalue weighted by molar-refractivity contribution is 0.415. The Morgan fingerprint density at radius 3 is 2.84 bits per heavy atom. The van der Waals surface area contributed by atoms with Gasteiger partial charge in [-0.25, -0.2) is 9.67 Å². The number of halogens is 1. The Morgan fingerprint density at radius 1 is 1.20 bits per heavy atom. The van der Waals surface area contributed by atoms with Gasteiger partial charge in [0.05, 0.1) is 13.7 Å². The summed E-state index contributed by atoms with van der Waals surface area (Å²) in [5.41, 5.74) is 1.86. The third-order valence-electron chi connectivity index (χ3n) is 3.32. The average molecular weight is 374 g/mol. The first kappa shape index (κ1) is 17.2. The van der Waals surface area contributed by atoms with E-state index in [9.17, 15) is 0 Å². The number of nitrogens with one attached hydrogen (secondary N) is 2. The minimum absolute atomic E-state index is 0.397. The maximum absolute atomic E-state index is 5.99. The van der Waals surface area contributed by atoms with E-state index >= 15 is 0 Å². The topological polar surface area (TPSA) is 64.0 Å². The fraction of sp³-hybridized carbons (Fsp3) is 0.118. The van der Waals surface area contributed by atoms with Crippen molar-refractivity contribution in [3.05, 3.63) is 65.4 Å². The zero-order valence-corrected chi connectivity index (χ0v) is 15.0. The highest BCUT2D eigenvalue weighted by Gasteiger charge is 2.05. The molecule has 6 nitrogen and oxygen atoms in total. The lowest BCUT2D eigenvalue weighted by atomic mass is 10.2. The second kappa shape index (κ2) is 7.96. The first-order chi connectivity index (χ1) is 12.1. The first-order valence-electron chi connectivity index (χ1n) is 7.48. The predicted octanol–water partition coefficient (Wildman–Crippen LogP) is 3.80. The van der Waals surface area contributed by atoms with Crippen LogP contribution in [0.15, 0.2) is 54.9 Å². The van der Waals surface area contributed by atoms with Crippen molar-refractivity contribution in [2.24, 2.45) is 0 Å². The van der Waals surface area contributed by atoms with E-state index in [4.69, 9.17) is 28.6 Å². The van der Waals surface area contributed by atoms with Gasteiger partial charge in [0.1, 0.15) is 12.1 Å². The van der Waals surface area contributed by atoms with Crippen molar-refractivity contribution in [2.45, 2.75) is 6.54 Å². The molecule has 0 amide bonds. The van der Waals surface area contributed by atoms with E-state index in [-0.39, 0.29) is 0 Å². The summed E-state index contributed by atoms with van der Waals surface area (Å²) in [5.74, 6) is 1.17. The molecule has 0 atom stereocenters. The lowest BCUT2D eigenvalue weighted by Gasteiger charge is -2.09. The van der Waals surface area contributed by atoms with Crippen LogP contribution >= 0.6 is 23.8 Å². The van der Waals surface area contributed by atoms with Gasteiger partial charge in [-0.1, -0.05) is 29.8 Å². The van der Waals surface area contributed by atoms with Crippen molar-refractivity contribution in [3.63, 3.8) is 0 Å². The van der Waals surface area contributed by atoms with E-state index in [0.717, 1.165) is 17.0 Å². The molecule has 25 heavy (non-hydrogen) atoms. The Balaban J connectivity index is 1.59. The van der Waals surface area contributed by atoms with Crippen LogP contribution in [0.25, 0.3) is 0 Å². The first-order valence-corrected chi connectivity index (χ1v) is 8.27. The van der Waals surface area contributed by atoms with E-state index in [1.807, 2.05) is 48.5 Å². The summed E-state index contributed by atoms with van der Waals surface area (Å²) in [6.07, 6.45) is 1.64. The molecule has 2 N–H and O–H groups in total. The summed E-state index contributed by atoms with van der Waals surface area (Å²) in [6, 6.07) is 15.1. The summed E-state index contributed by atoms with van der Waals surface area (Å²) in [7, 11) is 1.62. The van der Waals surface area contributed by atoms with Crippen molar-refractivity contribution in [3.8, 4) is 5.75 Å². The van der Waals surface area contributed by atoms with Crippen molar-refractivity contribution < 1.29 is 4.74 Å². The van der Waals surface area contributed by atoms with Crippen LogP contribution < -0.4 is 15.4 Å². The van der Waals surface area contributed by atoms with Gasteiger partial charge in [0.15, 0.2) is 5.11 Å². The summed E-state index contributed by atoms with van der Waals surface area (Å²) >= 11 is 11.3. The van der Waals surface area contributed by atoms with Crippen LogP contribution in [0, 0.1) is 0 Å². The van der Waals surface area contributed by atoms with Gasteiger partial charge in [0.2, 0.25) is 5.95 Å². The molecule has 1 heterocycles. The Kier molecular flexibility index (Phi) is 5.47. The van der Waals surface area contributed by atoms with Crippen LogP contribution in [0.3, 0.4) is 0 Å². The Bertz CT molecular complexity index is 883. The van der Waals surface area contributed by atoms with Gasteiger partial charge in [0, 0.05) is 16.8 Å². The number of aromatic nitrogens is 3. The molecule has 0 aliphatic rings. The zero-order chi connectivity index (χ0) is 17.6. The quantitative estimate of drug-likeness (QED) is 0.663. The molecule has 3 aromatic rings. The van der Waals surface area contributed by atoms with E-state index in [1.165, 1.54) is 0 Å². The normalized spacial score (nSPS) is 10.3. The molecule has 0 aliphatic heterocycles. The molecular formula is C17H16ClN5OS.